The highest BCUT2D eigenvalue weighted by molar-refractivity contribution is 4.80. The average molecular weight is 182 g/mol. The first kappa shape index (κ1) is 9.47. The van der Waals surface area contributed by atoms with E-state index >= 15 is 0 Å². The maximum Gasteiger partial charge on any atom is 0.00671 e. The Labute approximate surface area is 81.3 Å². The zero-order chi connectivity index (χ0) is 9.10. The Morgan fingerprint density at radius 3 is 2.23 bits per heavy atom. The van der Waals surface area contributed by atoms with Crippen molar-refractivity contribution in [1.29, 1.82) is 0 Å². The Kier molecular flexibility index (Phi) is 3.23. The normalized spacial score (nSPS) is 35.8. The van der Waals surface area contributed by atoms with E-state index in [1.54, 1.807) is 0 Å². The SMILES string of the molecule is NC1CCC(CNC2CCC2)CC1. The number of hydrogen-bond acceptors (Lipinski definition) is 2. The van der Waals surface area contributed by atoms with Crippen LogP contribution in [0.2, 0.25) is 0 Å². The van der Waals surface area contributed by atoms with Crippen LogP contribution >= 0.6 is 0 Å². The van der Waals surface area contributed by atoms with Crippen molar-refractivity contribution in [3.05, 3.63) is 0 Å². The van der Waals surface area contributed by atoms with Gasteiger partial charge in [0.2, 0.25) is 0 Å². The van der Waals surface area contributed by atoms with Crippen molar-refractivity contribution in [2.75, 3.05) is 6.54 Å². The molecule has 0 aliphatic heterocycles. The summed E-state index contributed by atoms with van der Waals surface area (Å²) >= 11 is 0. The smallest absolute Gasteiger partial charge is 0.00671 e. The predicted molar refractivity (Wildman–Crippen MR) is 55.6 cm³/mol. The van der Waals surface area contributed by atoms with Crippen LogP contribution in [-0.4, -0.2) is 18.6 Å². The topological polar surface area (TPSA) is 38.0 Å². The molecule has 2 aliphatic rings. The van der Waals surface area contributed by atoms with Crippen molar-refractivity contribution in [3.63, 3.8) is 0 Å². The lowest BCUT2D eigenvalue weighted by Crippen LogP contribution is -2.39. The van der Waals surface area contributed by atoms with Crippen LogP contribution in [-0.2, 0) is 0 Å². The fourth-order valence-corrected chi connectivity index (χ4v) is 2.34. The molecule has 3 N–H and O–H groups in total. The second-order valence-corrected chi connectivity index (χ2v) is 4.82. The van der Waals surface area contributed by atoms with Crippen LogP contribution in [0, 0.1) is 5.92 Å². The van der Waals surface area contributed by atoms with Crippen LogP contribution in [0.1, 0.15) is 44.9 Å². The van der Waals surface area contributed by atoms with Gasteiger partial charge < -0.3 is 11.1 Å². The highest BCUT2D eigenvalue weighted by atomic mass is 14.9. The molecular weight excluding hydrogens is 160 g/mol. The summed E-state index contributed by atoms with van der Waals surface area (Å²) in [6.45, 7) is 1.25. The van der Waals surface area contributed by atoms with Gasteiger partial charge in [0.1, 0.15) is 0 Å². The average Bonchev–Trinajstić information content (AvgIpc) is 2.05. The van der Waals surface area contributed by atoms with E-state index in [0.29, 0.717) is 6.04 Å². The molecule has 2 rings (SSSR count). The minimum absolute atomic E-state index is 0.500. The standard InChI is InChI=1S/C11H22N2/c12-10-6-4-9(5-7-10)8-13-11-2-1-3-11/h9-11,13H,1-8,12H2. The van der Waals surface area contributed by atoms with E-state index in [0.717, 1.165) is 12.0 Å². The molecule has 0 saturated heterocycles. The number of rotatable bonds is 3. The zero-order valence-electron chi connectivity index (χ0n) is 8.47. The summed E-state index contributed by atoms with van der Waals surface area (Å²) in [6, 6.07) is 1.36. The lowest BCUT2D eigenvalue weighted by Gasteiger charge is -2.31. The van der Waals surface area contributed by atoms with Gasteiger partial charge in [0.25, 0.3) is 0 Å². The van der Waals surface area contributed by atoms with E-state index < -0.39 is 0 Å². The Hall–Kier alpha value is -0.0800. The molecular formula is C11H22N2. The van der Waals surface area contributed by atoms with Gasteiger partial charge in [-0.15, -0.1) is 0 Å². The molecule has 0 aromatic heterocycles. The molecule has 0 amide bonds. The van der Waals surface area contributed by atoms with Crippen molar-refractivity contribution in [2.45, 2.75) is 57.0 Å². The molecule has 0 radical (unpaired) electrons. The molecule has 0 aromatic carbocycles. The maximum atomic E-state index is 5.87. The summed E-state index contributed by atoms with van der Waals surface area (Å²) in [7, 11) is 0. The van der Waals surface area contributed by atoms with Crippen LogP contribution < -0.4 is 11.1 Å². The summed E-state index contributed by atoms with van der Waals surface area (Å²) in [5.74, 6) is 0.917. The first-order valence-corrected chi connectivity index (χ1v) is 5.83. The van der Waals surface area contributed by atoms with Gasteiger partial charge in [0.15, 0.2) is 0 Å². The van der Waals surface area contributed by atoms with Crippen LogP contribution in [0.4, 0.5) is 0 Å². The third-order valence-corrected chi connectivity index (χ3v) is 3.69. The molecule has 0 heterocycles. The molecule has 13 heavy (non-hydrogen) atoms. The monoisotopic (exact) mass is 182 g/mol. The number of hydrogen-bond donors (Lipinski definition) is 2. The molecule has 2 heteroatoms. The van der Waals surface area contributed by atoms with Crippen LogP contribution in [0.3, 0.4) is 0 Å². The highest BCUT2D eigenvalue weighted by Gasteiger charge is 2.21. The molecule has 2 aliphatic carbocycles. The Morgan fingerprint density at radius 1 is 1.00 bits per heavy atom. The third kappa shape index (κ3) is 2.68. The van der Waals surface area contributed by atoms with Crippen LogP contribution in [0.5, 0.6) is 0 Å². The van der Waals surface area contributed by atoms with E-state index in [2.05, 4.69) is 5.32 Å². The zero-order valence-corrected chi connectivity index (χ0v) is 8.47. The summed E-state index contributed by atoms with van der Waals surface area (Å²) in [5, 5.41) is 3.66. The molecule has 0 unspecified atom stereocenters. The van der Waals surface area contributed by atoms with Crippen molar-refractivity contribution in [1.82, 2.24) is 5.32 Å². The minimum Gasteiger partial charge on any atom is -0.328 e. The quantitative estimate of drug-likeness (QED) is 0.696. The third-order valence-electron chi connectivity index (χ3n) is 3.69. The van der Waals surface area contributed by atoms with E-state index in [4.69, 9.17) is 5.73 Å². The van der Waals surface area contributed by atoms with E-state index in [-0.39, 0.29) is 0 Å². The number of nitrogens with one attached hydrogen (secondary N) is 1. The summed E-state index contributed by atoms with van der Waals surface area (Å²) in [6.07, 6.45) is 9.45. The Bertz CT molecular complexity index is 146. The van der Waals surface area contributed by atoms with E-state index in [9.17, 15) is 0 Å². The van der Waals surface area contributed by atoms with Gasteiger partial charge in [-0.05, 0) is 51.0 Å². The molecule has 0 aromatic rings. The second kappa shape index (κ2) is 4.43. The lowest BCUT2D eigenvalue weighted by molar-refractivity contribution is 0.270. The van der Waals surface area contributed by atoms with Gasteiger partial charge in [-0.2, -0.15) is 0 Å². The van der Waals surface area contributed by atoms with Crippen molar-refractivity contribution >= 4 is 0 Å². The van der Waals surface area contributed by atoms with Crippen molar-refractivity contribution in [3.8, 4) is 0 Å². The van der Waals surface area contributed by atoms with Gasteiger partial charge in [-0.3, -0.25) is 0 Å². The van der Waals surface area contributed by atoms with E-state index in [1.807, 2.05) is 0 Å². The van der Waals surface area contributed by atoms with Crippen molar-refractivity contribution < 1.29 is 0 Å². The Morgan fingerprint density at radius 2 is 1.69 bits per heavy atom. The molecule has 2 saturated carbocycles. The van der Waals surface area contributed by atoms with Crippen molar-refractivity contribution in [2.24, 2.45) is 11.7 Å². The van der Waals surface area contributed by atoms with Gasteiger partial charge in [-0.1, -0.05) is 6.42 Å². The summed E-state index contributed by atoms with van der Waals surface area (Å²) in [4.78, 5) is 0. The maximum absolute atomic E-state index is 5.87. The predicted octanol–water partition coefficient (Wildman–Crippen LogP) is 1.65. The second-order valence-electron chi connectivity index (χ2n) is 4.82. The first-order valence-electron chi connectivity index (χ1n) is 5.83. The minimum atomic E-state index is 0.500. The molecule has 2 nitrogen and oxygen atoms in total. The molecule has 0 atom stereocenters. The lowest BCUT2D eigenvalue weighted by atomic mass is 9.85. The summed E-state index contributed by atoms with van der Waals surface area (Å²) in [5.41, 5.74) is 5.87. The molecule has 0 spiro atoms. The molecule has 2 fully saturated rings. The summed E-state index contributed by atoms with van der Waals surface area (Å²) < 4.78 is 0. The van der Waals surface area contributed by atoms with Gasteiger partial charge in [-0.25, -0.2) is 0 Å². The fourth-order valence-electron chi connectivity index (χ4n) is 2.34. The van der Waals surface area contributed by atoms with Crippen LogP contribution in [0.15, 0.2) is 0 Å². The number of nitrogens with two attached hydrogens (primary N) is 1. The molecule has 76 valence electrons. The highest BCUT2D eigenvalue weighted by Crippen LogP contribution is 2.24. The largest absolute Gasteiger partial charge is 0.328 e. The van der Waals surface area contributed by atoms with Crippen LogP contribution in [0.25, 0.3) is 0 Å². The fraction of sp³-hybridized carbons (Fsp3) is 1.00. The van der Waals surface area contributed by atoms with Gasteiger partial charge in [0, 0.05) is 12.1 Å². The van der Waals surface area contributed by atoms with E-state index in [1.165, 1.54) is 51.5 Å². The first-order chi connectivity index (χ1) is 6.34. The van der Waals surface area contributed by atoms with Gasteiger partial charge in [0.05, 0.1) is 0 Å². The van der Waals surface area contributed by atoms with Gasteiger partial charge >= 0.3 is 0 Å². The molecule has 0 bridgehead atoms. The Balaban J connectivity index is 1.59.